The number of ether oxygens (including phenoxy) is 13. The molecule has 8 N–H and O–H groups in total. The third-order valence-electron chi connectivity index (χ3n) is 9.84. The largest absolute Gasteiger partial charge is 0.513 e. The predicted molar refractivity (Wildman–Crippen MR) is 332 cm³/mol. The maximum atomic E-state index is 11.7. The normalized spacial score (nSPS) is 11.0. The monoisotopic (exact) mass is 1300 g/mol. The van der Waals surface area contributed by atoms with Gasteiger partial charge in [-0.1, -0.05) is 61.8 Å². The van der Waals surface area contributed by atoms with Gasteiger partial charge in [0.2, 0.25) is 0 Å². The average molecular weight is 1300 g/mol. The highest BCUT2D eigenvalue weighted by Gasteiger charge is 2.20. The number of carboxylic acids is 3. The molecule has 0 fully saturated rings. The highest BCUT2D eigenvalue weighted by molar-refractivity contribution is 7.86. The fourth-order valence-electron chi connectivity index (χ4n) is 5.20. The van der Waals surface area contributed by atoms with Crippen LogP contribution in [0.5, 0.6) is 5.75 Å². The molecule has 2 rings (SSSR count). The summed E-state index contributed by atoms with van der Waals surface area (Å²) >= 11 is 0. The zero-order chi connectivity index (χ0) is 62.9. The van der Waals surface area contributed by atoms with Gasteiger partial charge in [-0.2, -0.15) is 8.42 Å². The lowest BCUT2D eigenvalue weighted by atomic mass is 10.1. The van der Waals surface area contributed by atoms with Crippen LogP contribution in [-0.4, -0.2) is 231 Å². The summed E-state index contributed by atoms with van der Waals surface area (Å²) in [5.41, 5.74) is 11.2. The van der Waals surface area contributed by atoms with E-state index in [4.69, 9.17) is 92.5 Å². The summed E-state index contributed by atoms with van der Waals surface area (Å²) in [5.74, 6) is -2.79. The van der Waals surface area contributed by atoms with Gasteiger partial charge in [0.1, 0.15) is 37.1 Å². The number of hydrogen-bond donors (Lipinski definition) is 6. The number of alkyl carbamates (subject to hydrolysis) is 1. The number of nitro benzene ring substituents is 1. The lowest BCUT2D eigenvalue weighted by Gasteiger charge is -2.14. The van der Waals surface area contributed by atoms with Gasteiger partial charge in [-0.15, -0.1) is 0 Å². The fourth-order valence-corrected chi connectivity index (χ4v) is 6.09. The van der Waals surface area contributed by atoms with Crippen molar-refractivity contribution < 1.29 is 118 Å². The molecule has 0 spiro atoms. The van der Waals surface area contributed by atoms with Crippen molar-refractivity contribution in [3.05, 3.63) is 64.2 Å². The van der Waals surface area contributed by atoms with Crippen LogP contribution in [0.15, 0.2) is 53.4 Å². The van der Waals surface area contributed by atoms with Crippen molar-refractivity contribution >= 4 is 46.0 Å². The molecule has 1 amide bonds. The van der Waals surface area contributed by atoms with Crippen molar-refractivity contribution in [3.63, 3.8) is 0 Å². The Balaban J connectivity index is -0.000000155. The van der Waals surface area contributed by atoms with E-state index in [1.807, 2.05) is 6.92 Å². The first-order chi connectivity index (χ1) is 39.7. The molecular weight excluding hydrogens is 1190 g/mol. The van der Waals surface area contributed by atoms with E-state index in [0.717, 1.165) is 18.4 Å². The van der Waals surface area contributed by atoms with Crippen LogP contribution in [0.25, 0.3) is 0 Å². The Labute approximate surface area is 522 Å². The van der Waals surface area contributed by atoms with E-state index >= 15 is 0 Å². The maximum Gasteiger partial charge on any atom is 0.513 e. The second-order valence-corrected chi connectivity index (χ2v) is 18.1. The van der Waals surface area contributed by atoms with E-state index in [1.165, 1.54) is 36.4 Å². The Bertz CT molecular complexity index is 2050. The van der Waals surface area contributed by atoms with Crippen LogP contribution in [0.4, 0.5) is 15.3 Å². The Morgan fingerprint density at radius 2 is 0.909 bits per heavy atom. The molecule has 0 aromatic heterocycles. The number of nitrogens with zero attached hydrogens (tertiary/aromatic N) is 1. The smallest absolute Gasteiger partial charge is 0.480 e. The van der Waals surface area contributed by atoms with Gasteiger partial charge in [-0.05, 0) is 76.1 Å². The Morgan fingerprint density at radius 3 is 1.28 bits per heavy atom. The molecule has 0 saturated heterocycles. The van der Waals surface area contributed by atoms with Crippen LogP contribution in [0, 0.1) is 17.0 Å². The number of hydrogen-bond acceptors (Lipinski definition) is 25. The molecule has 0 saturated carbocycles. The van der Waals surface area contributed by atoms with Crippen molar-refractivity contribution in [2.24, 2.45) is 11.5 Å². The minimum absolute atomic E-state index is 0. The summed E-state index contributed by atoms with van der Waals surface area (Å²) in [6.45, 7) is 10.4. The van der Waals surface area contributed by atoms with E-state index in [2.05, 4.69) is 5.32 Å². The molecule has 31 heteroatoms. The van der Waals surface area contributed by atoms with Gasteiger partial charge in [0.15, 0.2) is 0 Å². The highest BCUT2D eigenvalue weighted by atomic mass is 32.2. The number of methoxy groups -OCH3 is 5. The lowest BCUT2D eigenvalue weighted by Crippen LogP contribution is -2.41. The number of carbonyl (C=O) groups excluding carboxylic acids is 2. The van der Waals surface area contributed by atoms with Gasteiger partial charge in [-0.3, -0.25) is 23.9 Å². The summed E-state index contributed by atoms with van der Waals surface area (Å²) in [6.07, 6.45) is 2.58. The van der Waals surface area contributed by atoms with Crippen LogP contribution in [0.2, 0.25) is 0 Å². The number of amides is 1. The molecule has 2 aromatic rings. The first kappa shape index (κ1) is 98.5. The molecule has 0 bridgehead atoms. The average Bonchev–Trinajstić information content (AvgIpc) is 2.77. The number of rotatable bonds is 43. The minimum atomic E-state index is -3.68. The predicted octanol–water partition coefficient (Wildman–Crippen LogP) is 7.02. The molecule has 3 atom stereocenters. The molecule has 2 aromatic carbocycles. The van der Waals surface area contributed by atoms with Gasteiger partial charge in [0.25, 0.3) is 15.8 Å². The Morgan fingerprint density at radius 1 is 0.523 bits per heavy atom. The Kier molecular flexibility index (Phi) is 76.9. The number of aliphatic carboxylic acids is 3. The second kappa shape index (κ2) is 68.7. The first-order valence-corrected chi connectivity index (χ1v) is 27.6. The van der Waals surface area contributed by atoms with Crippen LogP contribution in [-0.2, 0) is 85.5 Å². The van der Waals surface area contributed by atoms with Gasteiger partial charge in [-0.25, -0.2) is 14.4 Å². The van der Waals surface area contributed by atoms with E-state index < -0.39 is 63.3 Å². The van der Waals surface area contributed by atoms with Crippen molar-refractivity contribution in [1.82, 2.24) is 5.32 Å². The molecule has 0 aliphatic carbocycles. The zero-order valence-corrected chi connectivity index (χ0v) is 49.6. The van der Waals surface area contributed by atoms with Crippen molar-refractivity contribution in [1.29, 1.82) is 0 Å². The highest BCUT2D eigenvalue weighted by Crippen LogP contribution is 2.18. The van der Waals surface area contributed by atoms with Crippen molar-refractivity contribution in [2.75, 3.05) is 154 Å². The van der Waals surface area contributed by atoms with Crippen molar-refractivity contribution in [3.8, 4) is 5.75 Å². The third-order valence-corrected chi connectivity index (χ3v) is 11.2. The molecule has 0 aliphatic heterocycles. The van der Waals surface area contributed by atoms with E-state index in [0.29, 0.717) is 111 Å². The van der Waals surface area contributed by atoms with E-state index in [-0.39, 0.29) is 93.1 Å². The number of nitrogens with two attached hydrogens (primary N) is 2. The van der Waals surface area contributed by atoms with E-state index in [9.17, 15) is 42.5 Å². The topological polar surface area (TPSA) is 417 Å². The lowest BCUT2D eigenvalue weighted by molar-refractivity contribution is -0.384. The standard InChI is InChI=1S/C15H29NO8.C12H15NO7.C12H18O5S.C9H19NO4.C4H9NO2.5CH4/c1-20-7-9-22-6-4-3-5-13(14(17)18)16-15(19)24-12-11-23-10-8-21-2;1-17-6-7-18-8-9-19-12(14)20-11-4-2-10(3-5-11)13(15)16;1-11-3-5-12(6-4-11)18(13,14)17-10-9-16-8-7-15-2;1-13-6-7-14-5-3-2-4-8(10)9(11)12;1-2-3(5)4(6)7;;;;;/h13H,3-12H2,1-2H3,(H,16,19)(H,17,18);2-5H,6-9H2,1H3;3-6H,7-10H2,1-2H3;8H,2-7,10H2,1H3,(H,11,12);3H,2,5H2,1H3,(H,6,7);5*1H4. The van der Waals surface area contributed by atoms with E-state index in [1.54, 1.807) is 54.6 Å². The SMILES string of the molecule is C.C.C.C.C.CCC(N)C(=O)O.COCCOCCCCC(N)C(=O)O.COCCOCCCCC(NC(=O)OCCOCCOC)C(=O)O.COCCOCCOC(=O)Oc1ccc([N+](=O)[O-])cc1.COCCOCCOS(=O)(=O)c1ccc(C)cc1. The zero-order valence-electron chi connectivity index (χ0n) is 48.8. The van der Waals surface area contributed by atoms with Crippen LogP contribution < -0.4 is 21.5 Å². The molecule has 88 heavy (non-hydrogen) atoms. The molecule has 30 nitrogen and oxygen atoms in total. The number of unbranched alkanes of at least 4 members (excludes halogenated alkanes) is 2. The maximum absolute atomic E-state index is 11.7. The van der Waals surface area contributed by atoms with Crippen LogP contribution in [0.3, 0.4) is 0 Å². The minimum Gasteiger partial charge on any atom is -0.480 e. The fraction of sp³-hybridized carbons (Fsp3) is 0.702. The summed E-state index contributed by atoms with van der Waals surface area (Å²) in [6, 6.07) is 9.19. The van der Waals surface area contributed by atoms with Gasteiger partial charge < -0.3 is 93.7 Å². The summed E-state index contributed by atoms with van der Waals surface area (Å²) in [7, 11) is 4.22. The van der Waals surface area contributed by atoms with Crippen LogP contribution >= 0.6 is 0 Å². The molecule has 0 aliphatic rings. The number of non-ortho nitro benzene ring substituents is 1. The third kappa shape index (κ3) is 63.2. The number of carbonyl (C=O) groups is 5. The number of nitrogens with one attached hydrogen (secondary N) is 1. The first-order valence-electron chi connectivity index (χ1n) is 26.2. The summed E-state index contributed by atoms with van der Waals surface area (Å²) in [4.78, 5) is 64.1. The Hall–Kier alpha value is -5.78. The summed E-state index contributed by atoms with van der Waals surface area (Å²) in [5, 5.41) is 38.4. The van der Waals surface area contributed by atoms with Gasteiger partial charge >= 0.3 is 30.2 Å². The number of aryl methyl sites for hydroxylation is 1. The molecular formula is C57H110N4O26S. The quantitative estimate of drug-likeness (QED) is 0.00969. The molecule has 3 unspecified atom stereocenters. The number of nitro groups is 1. The van der Waals surface area contributed by atoms with Gasteiger partial charge in [0.05, 0.1) is 102 Å². The van der Waals surface area contributed by atoms with Crippen LogP contribution in [0.1, 0.15) is 94.6 Å². The van der Waals surface area contributed by atoms with Crippen molar-refractivity contribution in [2.45, 2.75) is 119 Å². The van der Waals surface area contributed by atoms with Gasteiger partial charge in [0, 0.05) is 60.9 Å². The number of carboxylic acid groups (broad SMARTS) is 3. The molecule has 0 radical (unpaired) electrons. The molecule has 0 heterocycles. The summed E-state index contributed by atoms with van der Waals surface area (Å²) < 4.78 is 92.5. The number of benzene rings is 2. The molecule has 520 valence electrons. The second-order valence-electron chi connectivity index (χ2n) is 16.5.